The molecule has 4 nitrogen and oxygen atoms in total. The summed E-state index contributed by atoms with van der Waals surface area (Å²) in [5, 5.41) is 8.55. The molecule has 0 aliphatic carbocycles. The molecular weight excluding hydrogens is 122 g/mol. The number of hydrogen-bond donors (Lipinski definition) is 0. The molecule has 0 N–H and O–H groups in total. The predicted octanol–water partition coefficient (Wildman–Crippen LogP) is 1.41. The third-order valence-electron chi connectivity index (χ3n) is 0.401. The van der Waals surface area contributed by atoms with Crippen molar-refractivity contribution in [1.82, 2.24) is 0 Å². The minimum atomic E-state index is -0.788. The molecule has 0 atom stereocenters. The van der Waals surface area contributed by atoms with Crippen LogP contribution >= 0.6 is 0 Å². The van der Waals surface area contributed by atoms with E-state index in [9.17, 15) is 10.1 Å². The fourth-order valence-electron chi connectivity index (χ4n) is 0.166. The molecule has 0 aliphatic heterocycles. The van der Waals surface area contributed by atoms with E-state index in [0.717, 1.165) is 0 Å². The topological polar surface area (TPSA) is 52.4 Å². The third-order valence-corrected chi connectivity index (χ3v) is 0.401. The van der Waals surface area contributed by atoms with E-state index in [2.05, 4.69) is 18.0 Å². The molecule has 0 aromatic carbocycles. The number of nitrogens with zero attached hydrogens (tertiary/aromatic N) is 1. The van der Waals surface area contributed by atoms with Crippen LogP contribution in [0.5, 0.6) is 0 Å². The minimum Gasteiger partial charge on any atom is -0.314 e. The normalized spacial score (nSPS) is 6.78. The lowest BCUT2D eigenvalue weighted by Gasteiger charge is -1.88. The van der Waals surface area contributed by atoms with E-state index >= 15 is 0 Å². The van der Waals surface area contributed by atoms with Crippen molar-refractivity contribution in [2.45, 2.75) is 13.3 Å². The minimum absolute atomic E-state index is 0.201. The molecule has 0 radical (unpaired) electrons. The smallest absolute Gasteiger partial charge is 0.294 e. The van der Waals surface area contributed by atoms with Gasteiger partial charge in [0.15, 0.2) is 0 Å². The highest BCUT2D eigenvalue weighted by Crippen LogP contribution is 1.77. The molecule has 0 saturated carbocycles. The molecule has 0 unspecified atom stereocenters. The van der Waals surface area contributed by atoms with Crippen LogP contribution in [-0.2, 0) is 4.84 Å². The first kappa shape index (κ1) is 10.8. The molecule has 0 rings (SSSR count). The Morgan fingerprint density at radius 2 is 2.11 bits per heavy atom. The molecule has 0 heterocycles. The zero-order chi connectivity index (χ0) is 7.70. The lowest BCUT2D eigenvalue weighted by Crippen LogP contribution is -1.99. The van der Waals surface area contributed by atoms with Crippen LogP contribution in [0.1, 0.15) is 13.3 Å². The van der Waals surface area contributed by atoms with Crippen LogP contribution < -0.4 is 0 Å². The first-order valence-electron chi connectivity index (χ1n) is 2.54. The first-order chi connectivity index (χ1) is 4.27. The predicted molar refractivity (Wildman–Crippen MR) is 34.5 cm³/mol. The molecule has 0 aromatic rings. The van der Waals surface area contributed by atoms with E-state index in [0.29, 0.717) is 6.42 Å². The van der Waals surface area contributed by atoms with E-state index in [1.807, 2.05) is 6.92 Å². The Morgan fingerprint density at radius 3 is 2.22 bits per heavy atom. The van der Waals surface area contributed by atoms with Gasteiger partial charge in [-0.2, -0.15) is 0 Å². The van der Waals surface area contributed by atoms with Crippen molar-refractivity contribution in [3.05, 3.63) is 23.3 Å². The largest absolute Gasteiger partial charge is 0.314 e. The van der Waals surface area contributed by atoms with Gasteiger partial charge in [0.05, 0.1) is 6.61 Å². The van der Waals surface area contributed by atoms with Crippen LogP contribution in [-0.4, -0.2) is 11.7 Å². The zero-order valence-corrected chi connectivity index (χ0v) is 5.50. The Labute approximate surface area is 54.2 Å². The Balaban J connectivity index is 0. The summed E-state index contributed by atoms with van der Waals surface area (Å²) in [4.78, 5) is 13.3. The summed E-state index contributed by atoms with van der Waals surface area (Å²) in [6.45, 7) is 8.01. The summed E-state index contributed by atoms with van der Waals surface area (Å²) in [7, 11) is 0. The van der Waals surface area contributed by atoms with E-state index in [1.54, 1.807) is 0 Å². The maximum absolute atomic E-state index is 9.34. The summed E-state index contributed by atoms with van der Waals surface area (Å²) in [6.07, 6.45) is 0.682. The highest BCUT2D eigenvalue weighted by molar-refractivity contribution is 4.22. The van der Waals surface area contributed by atoms with Crippen molar-refractivity contribution >= 4 is 0 Å². The molecule has 0 spiro atoms. The van der Waals surface area contributed by atoms with Crippen LogP contribution in [0.15, 0.2) is 13.2 Å². The van der Waals surface area contributed by atoms with Gasteiger partial charge in [-0.25, -0.2) is 0 Å². The van der Waals surface area contributed by atoms with Crippen molar-refractivity contribution < 1.29 is 9.92 Å². The summed E-state index contributed by atoms with van der Waals surface area (Å²) in [5.74, 6) is 0. The van der Waals surface area contributed by atoms with E-state index in [4.69, 9.17) is 0 Å². The maximum atomic E-state index is 9.34. The van der Waals surface area contributed by atoms with Gasteiger partial charge in [-0.1, -0.05) is 6.92 Å². The summed E-state index contributed by atoms with van der Waals surface area (Å²) in [6, 6.07) is 0. The van der Waals surface area contributed by atoms with Gasteiger partial charge >= 0.3 is 0 Å². The lowest BCUT2D eigenvalue weighted by atomic mass is 10.5. The number of rotatable bonds is 3. The van der Waals surface area contributed by atoms with Gasteiger partial charge in [-0.3, -0.25) is 0 Å². The molecule has 0 bridgehead atoms. The Kier molecular flexibility index (Phi) is 12.1. The van der Waals surface area contributed by atoms with Gasteiger partial charge < -0.3 is 4.84 Å². The van der Waals surface area contributed by atoms with Crippen LogP contribution in [0, 0.1) is 10.1 Å². The van der Waals surface area contributed by atoms with E-state index in [1.165, 1.54) is 0 Å². The Bertz CT molecular complexity index is 74.6. The van der Waals surface area contributed by atoms with Crippen LogP contribution in [0.4, 0.5) is 0 Å². The molecule has 4 heteroatoms. The molecule has 54 valence electrons. The molecule has 0 aliphatic rings. The lowest BCUT2D eigenvalue weighted by molar-refractivity contribution is -0.757. The van der Waals surface area contributed by atoms with Crippen molar-refractivity contribution in [3.63, 3.8) is 0 Å². The molecule has 0 aromatic heterocycles. The van der Waals surface area contributed by atoms with Gasteiger partial charge in [-0.05, 0) is 6.42 Å². The van der Waals surface area contributed by atoms with Crippen molar-refractivity contribution in [2.24, 2.45) is 0 Å². The summed E-state index contributed by atoms with van der Waals surface area (Å²) >= 11 is 0. The quantitative estimate of drug-likeness (QED) is 0.332. The Hall–Kier alpha value is -1.06. The molecular formula is C5H11NO3. The van der Waals surface area contributed by atoms with E-state index < -0.39 is 5.09 Å². The maximum Gasteiger partial charge on any atom is 0.294 e. The van der Waals surface area contributed by atoms with Crippen LogP contribution in [0.3, 0.4) is 0 Å². The SMILES string of the molecule is C=C.CCCO[N+](=O)[O-]. The second-order valence-corrected chi connectivity index (χ2v) is 1.06. The molecule has 9 heavy (non-hydrogen) atoms. The summed E-state index contributed by atoms with van der Waals surface area (Å²) < 4.78 is 0. The second kappa shape index (κ2) is 10.0. The van der Waals surface area contributed by atoms with Crippen LogP contribution in [0.25, 0.3) is 0 Å². The molecule has 0 amide bonds. The van der Waals surface area contributed by atoms with Gasteiger partial charge in [0.2, 0.25) is 0 Å². The average Bonchev–Trinajstić information content (AvgIpc) is 1.88. The van der Waals surface area contributed by atoms with Crippen LogP contribution in [0.2, 0.25) is 0 Å². The number of hydrogen-bond acceptors (Lipinski definition) is 3. The van der Waals surface area contributed by atoms with Crippen molar-refractivity contribution in [2.75, 3.05) is 6.61 Å². The highest BCUT2D eigenvalue weighted by Gasteiger charge is 1.87. The van der Waals surface area contributed by atoms with Gasteiger partial charge in [0.1, 0.15) is 0 Å². The van der Waals surface area contributed by atoms with Crippen molar-refractivity contribution in [1.29, 1.82) is 0 Å². The standard InChI is InChI=1S/C3H7NO3.C2H4/c1-2-3-7-4(5)6;1-2/h2-3H2,1H3;1-2H2. The monoisotopic (exact) mass is 133 g/mol. The Morgan fingerprint density at radius 1 is 1.67 bits per heavy atom. The van der Waals surface area contributed by atoms with Gasteiger partial charge in [0, 0.05) is 0 Å². The zero-order valence-electron chi connectivity index (χ0n) is 5.50. The van der Waals surface area contributed by atoms with Gasteiger partial charge in [-0.15, -0.1) is 23.3 Å². The fraction of sp³-hybridized carbons (Fsp3) is 0.600. The highest BCUT2D eigenvalue weighted by atomic mass is 16.9. The average molecular weight is 133 g/mol. The molecule has 0 saturated heterocycles. The molecule has 0 fully saturated rings. The third kappa shape index (κ3) is 19.6. The first-order valence-corrected chi connectivity index (χ1v) is 2.54. The fourth-order valence-corrected chi connectivity index (χ4v) is 0.166. The van der Waals surface area contributed by atoms with Crippen molar-refractivity contribution in [3.8, 4) is 0 Å². The van der Waals surface area contributed by atoms with E-state index in [-0.39, 0.29) is 6.61 Å². The second-order valence-electron chi connectivity index (χ2n) is 1.06. The van der Waals surface area contributed by atoms with Gasteiger partial charge in [0.25, 0.3) is 5.09 Å². The summed E-state index contributed by atoms with van der Waals surface area (Å²) in [5.41, 5.74) is 0.